The van der Waals surface area contributed by atoms with Crippen LogP contribution >= 0.6 is 0 Å². The zero-order valence-corrected chi connectivity index (χ0v) is 7.23. The molecule has 3 N–H and O–H groups in total. The molecule has 1 aromatic carbocycles. The third-order valence-corrected chi connectivity index (χ3v) is 2.07. The molecule has 0 atom stereocenters. The number of nitrogens with one attached hydrogen (secondary N) is 1. The van der Waals surface area contributed by atoms with E-state index in [0.717, 1.165) is 0 Å². The van der Waals surface area contributed by atoms with E-state index in [2.05, 4.69) is 10.2 Å². The van der Waals surface area contributed by atoms with Gasteiger partial charge in [-0.3, -0.25) is 0 Å². The maximum Gasteiger partial charge on any atom is 0.389 e. The molecule has 13 heavy (non-hydrogen) atoms. The predicted octanol–water partition coefficient (Wildman–Crippen LogP) is -0.339. The van der Waals surface area contributed by atoms with Crippen LogP contribution in [0.5, 0.6) is 0 Å². The molecule has 1 heterocycles. The van der Waals surface area contributed by atoms with Gasteiger partial charge in [-0.25, -0.2) is 0 Å². The van der Waals surface area contributed by atoms with Crippen molar-refractivity contribution < 1.29 is 10.0 Å². The van der Waals surface area contributed by atoms with Crippen molar-refractivity contribution in [1.29, 1.82) is 0 Å². The zero-order chi connectivity index (χ0) is 9.47. The van der Waals surface area contributed by atoms with Crippen molar-refractivity contribution in [1.82, 2.24) is 0 Å². The van der Waals surface area contributed by atoms with Gasteiger partial charge >= 0.3 is 6.69 Å². The molecule has 1 aliphatic heterocycles. The lowest BCUT2D eigenvalue weighted by atomic mass is 9.64. The van der Waals surface area contributed by atoms with Crippen LogP contribution < -0.4 is 10.8 Å². The maximum absolute atomic E-state index is 9.59. The van der Waals surface area contributed by atoms with Gasteiger partial charge in [-0.05, 0) is 13.0 Å². The van der Waals surface area contributed by atoms with E-state index < -0.39 is 6.69 Å². The molecule has 0 aliphatic carbocycles. The van der Waals surface area contributed by atoms with E-state index in [1.807, 2.05) is 6.07 Å². The highest BCUT2D eigenvalue weighted by Gasteiger charge is 2.26. The number of benzene rings is 1. The minimum Gasteiger partial charge on any atom is -0.560 e. The number of rotatable bonds is 0. The van der Waals surface area contributed by atoms with Gasteiger partial charge in [-0.1, -0.05) is 18.2 Å². The highest BCUT2D eigenvalue weighted by atomic mass is 16.4. The van der Waals surface area contributed by atoms with Crippen LogP contribution in [0.1, 0.15) is 6.92 Å². The predicted molar refractivity (Wildman–Crippen MR) is 53.0 cm³/mol. The van der Waals surface area contributed by atoms with Gasteiger partial charge in [-0.15, -0.1) is 5.46 Å². The summed E-state index contributed by atoms with van der Waals surface area (Å²) in [6.45, 7) is -1.05. The van der Waals surface area contributed by atoms with Gasteiger partial charge in [0.1, 0.15) is 0 Å². The Morgan fingerprint density at radius 3 is 2.77 bits per heavy atom. The van der Waals surface area contributed by atoms with Crippen LogP contribution in [-0.2, 0) is 0 Å². The second kappa shape index (κ2) is 2.58. The summed E-state index contributed by atoms with van der Waals surface area (Å²) >= 11 is 0. The molecule has 0 radical (unpaired) electrons. The van der Waals surface area contributed by atoms with E-state index in [1.54, 1.807) is 25.1 Å². The average molecular weight is 177 g/mol. The number of fused-ring (bicyclic) bond motifs is 1. The maximum atomic E-state index is 9.59. The SMILES string of the molecule is CC1=N[B-](O)(O)c2ccccc2N1. The largest absolute Gasteiger partial charge is 0.560 e. The van der Waals surface area contributed by atoms with E-state index in [-0.39, 0.29) is 0 Å². The Balaban J connectivity index is 2.58. The second-order valence-electron chi connectivity index (χ2n) is 3.16. The van der Waals surface area contributed by atoms with Gasteiger partial charge in [0.05, 0.1) is 5.84 Å². The van der Waals surface area contributed by atoms with Crippen LogP contribution in [-0.4, -0.2) is 22.6 Å². The first-order valence-electron chi connectivity index (χ1n) is 4.11. The first kappa shape index (κ1) is 8.28. The monoisotopic (exact) mass is 177 g/mol. The standard InChI is InChI=1S/C8H10BN2O2/c1-6-10-8-5-3-2-4-7(8)9(12,13)11-6/h2-5,12-13H,1H3,(H,10,11)/q-1. The topological polar surface area (TPSA) is 64.9 Å². The highest BCUT2D eigenvalue weighted by molar-refractivity contribution is 6.80. The average Bonchev–Trinajstić information content (AvgIpc) is 2.02. The van der Waals surface area contributed by atoms with Crippen molar-refractivity contribution in [3.8, 4) is 0 Å². The molecule has 1 aromatic rings. The van der Waals surface area contributed by atoms with Gasteiger partial charge < -0.3 is 20.3 Å². The van der Waals surface area contributed by atoms with Crippen molar-refractivity contribution in [3.63, 3.8) is 0 Å². The number of nitrogens with zero attached hydrogens (tertiary/aromatic N) is 1. The summed E-state index contributed by atoms with van der Waals surface area (Å²) in [6.07, 6.45) is 0. The summed E-state index contributed by atoms with van der Waals surface area (Å²) < 4.78 is 0. The van der Waals surface area contributed by atoms with Gasteiger partial charge in [0.2, 0.25) is 0 Å². The van der Waals surface area contributed by atoms with Crippen LogP contribution in [0.2, 0.25) is 0 Å². The lowest BCUT2D eigenvalue weighted by molar-refractivity contribution is 0.384. The van der Waals surface area contributed by atoms with Crippen molar-refractivity contribution in [2.24, 2.45) is 4.90 Å². The summed E-state index contributed by atoms with van der Waals surface area (Å²) in [4.78, 5) is 3.74. The first-order chi connectivity index (χ1) is 6.09. The molecule has 0 amide bonds. The van der Waals surface area contributed by atoms with Gasteiger partial charge in [0, 0.05) is 5.69 Å². The van der Waals surface area contributed by atoms with Crippen molar-refractivity contribution >= 4 is 23.7 Å². The smallest absolute Gasteiger partial charge is 0.389 e. The molecule has 2 rings (SSSR count). The number of anilines is 1. The van der Waals surface area contributed by atoms with Gasteiger partial charge in [0.25, 0.3) is 0 Å². The number of hydrogen-bond acceptors (Lipinski definition) is 4. The first-order valence-corrected chi connectivity index (χ1v) is 4.11. The Kier molecular flexibility index (Phi) is 1.64. The fraction of sp³-hybridized carbons (Fsp3) is 0.125. The van der Waals surface area contributed by atoms with E-state index in [9.17, 15) is 10.0 Å². The summed E-state index contributed by atoms with van der Waals surface area (Å²) in [5, 5.41) is 22.1. The van der Waals surface area contributed by atoms with E-state index >= 15 is 0 Å². The molecule has 0 bridgehead atoms. The second-order valence-corrected chi connectivity index (χ2v) is 3.16. The quantitative estimate of drug-likeness (QED) is 0.475. The van der Waals surface area contributed by atoms with E-state index in [0.29, 0.717) is 17.0 Å². The minimum atomic E-state index is -2.75. The van der Waals surface area contributed by atoms with Gasteiger partial charge in [-0.2, -0.15) is 0 Å². The third-order valence-electron chi connectivity index (χ3n) is 2.07. The molecule has 68 valence electrons. The zero-order valence-electron chi connectivity index (χ0n) is 7.23. The summed E-state index contributed by atoms with van der Waals surface area (Å²) in [7, 11) is 0. The van der Waals surface area contributed by atoms with Crippen LogP contribution in [0.3, 0.4) is 0 Å². The molecular weight excluding hydrogens is 167 g/mol. The summed E-state index contributed by atoms with van der Waals surface area (Å²) in [5.74, 6) is 0.517. The molecule has 0 fully saturated rings. The fourth-order valence-electron chi connectivity index (χ4n) is 1.52. The van der Waals surface area contributed by atoms with Crippen LogP contribution in [0, 0.1) is 0 Å². The van der Waals surface area contributed by atoms with E-state index in [1.165, 1.54) is 0 Å². The van der Waals surface area contributed by atoms with Crippen LogP contribution in [0.15, 0.2) is 29.2 Å². The minimum absolute atomic E-state index is 0.438. The normalized spacial score (nSPS) is 18.5. The molecule has 0 saturated carbocycles. The van der Waals surface area contributed by atoms with Crippen LogP contribution in [0.25, 0.3) is 0 Å². The number of hydrogen-bond donors (Lipinski definition) is 3. The molecule has 4 nitrogen and oxygen atoms in total. The molecule has 0 aromatic heterocycles. The molecule has 0 unspecified atom stereocenters. The molecule has 0 saturated heterocycles. The molecule has 1 aliphatic rings. The lowest BCUT2D eigenvalue weighted by Gasteiger charge is -2.33. The Bertz CT molecular complexity index is 376. The Hall–Kier alpha value is -1.33. The Morgan fingerprint density at radius 2 is 2.00 bits per heavy atom. The Labute approximate surface area is 75.9 Å². The molecule has 5 heteroatoms. The summed E-state index contributed by atoms with van der Waals surface area (Å²) in [5.41, 5.74) is 1.15. The Morgan fingerprint density at radius 1 is 1.31 bits per heavy atom. The fourth-order valence-corrected chi connectivity index (χ4v) is 1.52. The molecule has 0 spiro atoms. The number of amidine groups is 1. The van der Waals surface area contributed by atoms with Crippen LogP contribution in [0.4, 0.5) is 5.69 Å². The van der Waals surface area contributed by atoms with Crippen molar-refractivity contribution in [2.45, 2.75) is 6.92 Å². The highest BCUT2D eigenvalue weighted by Crippen LogP contribution is 2.13. The third kappa shape index (κ3) is 1.32. The summed E-state index contributed by atoms with van der Waals surface area (Å²) in [6, 6.07) is 7.02. The van der Waals surface area contributed by atoms with Crippen molar-refractivity contribution in [2.75, 3.05) is 5.32 Å². The lowest BCUT2D eigenvalue weighted by Crippen LogP contribution is -2.52. The number of para-hydroxylation sites is 1. The molecular formula is C8H10BN2O2-. The van der Waals surface area contributed by atoms with Gasteiger partial charge in [0.15, 0.2) is 0 Å². The van der Waals surface area contributed by atoms with E-state index in [4.69, 9.17) is 0 Å². The van der Waals surface area contributed by atoms with Crippen molar-refractivity contribution in [3.05, 3.63) is 24.3 Å².